The van der Waals surface area contributed by atoms with E-state index in [9.17, 15) is 5.11 Å². The molecule has 0 bridgehead atoms. The van der Waals surface area contributed by atoms with E-state index in [4.69, 9.17) is 23.2 Å². The summed E-state index contributed by atoms with van der Waals surface area (Å²) >= 11 is 13.3. The first-order chi connectivity index (χ1) is 12.6. The SMILES string of the molecule is [CH2-]CCCCCC1C(Cl)CC(Cl)C1c1ccc(C(O)CCCCC)cc1.[Y]. The van der Waals surface area contributed by atoms with Gasteiger partial charge in [-0.3, -0.25) is 0 Å². The molecule has 0 amide bonds. The molecule has 27 heavy (non-hydrogen) atoms. The van der Waals surface area contributed by atoms with Crippen molar-refractivity contribution in [2.45, 2.75) is 93.9 Å². The van der Waals surface area contributed by atoms with Crippen LogP contribution < -0.4 is 0 Å². The molecular weight excluding hydrogens is 452 g/mol. The van der Waals surface area contributed by atoms with Crippen molar-refractivity contribution in [3.05, 3.63) is 42.3 Å². The van der Waals surface area contributed by atoms with Crippen molar-refractivity contribution >= 4 is 23.2 Å². The molecule has 1 nitrogen and oxygen atoms in total. The fraction of sp³-hybridized carbons (Fsp3) is 0.696. The van der Waals surface area contributed by atoms with Crippen LogP contribution in [0.15, 0.2) is 24.3 Å². The first kappa shape index (κ1) is 25.9. The molecule has 0 spiro atoms. The maximum atomic E-state index is 10.4. The van der Waals surface area contributed by atoms with Crippen LogP contribution in [0.1, 0.15) is 94.3 Å². The van der Waals surface area contributed by atoms with E-state index in [1.165, 1.54) is 37.7 Å². The van der Waals surface area contributed by atoms with E-state index in [0.717, 1.165) is 37.7 Å². The summed E-state index contributed by atoms with van der Waals surface area (Å²) < 4.78 is 0. The summed E-state index contributed by atoms with van der Waals surface area (Å²) in [5.41, 5.74) is 2.29. The standard InChI is InChI=1S/C23H35Cl2O.Y/c1-3-5-7-9-10-19-20(24)16-21(25)23(19)18-14-12-17(13-15-18)22(26)11-8-6-4-2;/h12-15,19-23,26H,1,3-11,16H2,2H3;/q-1;. The number of benzene rings is 1. The summed E-state index contributed by atoms with van der Waals surface area (Å²) in [6.45, 7) is 6.11. The summed E-state index contributed by atoms with van der Waals surface area (Å²) in [5.74, 6) is 0.773. The summed E-state index contributed by atoms with van der Waals surface area (Å²) in [5, 5.41) is 10.6. The number of rotatable bonds is 11. The van der Waals surface area contributed by atoms with Crippen LogP contribution >= 0.6 is 23.2 Å². The molecule has 1 fully saturated rings. The van der Waals surface area contributed by atoms with Crippen LogP contribution in [-0.4, -0.2) is 15.9 Å². The zero-order valence-corrected chi connectivity index (χ0v) is 21.1. The molecule has 2 rings (SSSR count). The third kappa shape index (κ3) is 7.90. The Morgan fingerprint density at radius 2 is 1.74 bits per heavy atom. The van der Waals surface area contributed by atoms with Crippen LogP contribution in [0.2, 0.25) is 0 Å². The molecule has 1 N–H and O–H groups in total. The van der Waals surface area contributed by atoms with Crippen LogP contribution in [-0.2, 0) is 32.7 Å². The van der Waals surface area contributed by atoms with E-state index >= 15 is 0 Å². The average Bonchev–Trinajstić information content (AvgIpc) is 2.92. The van der Waals surface area contributed by atoms with Gasteiger partial charge in [0.15, 0.2) is 0 Å². The van der Waals surface area contributed by atoms with E-state index in [1.807, 2.05) is 0 Å². The Kier molecular flexibility index (Phi) is 13.4. The van der Waals surface area contributed by atoms with Gasteiger partial charge in [-0.1, -0.05) is 69.7 Å². The first-order valence-electron chi connectivity index (χ1n) is 10.4. The van der Waals surface area contributed by atoms with Gasteiger partial charge in [-0.2, -0.15) is 6.42 Å². The molecule has 5 atom stereocenters. The summed E-state index contributed by atoms with van der Waals surface area (Å²) in [6, 6.07) is 8.49. The zero-order valence-electron chi connectivity index (χ0n) is 16.8. The molecule has 1 aliphatic carbocycles. The van der Waals surface area contributed by atoms with Crippen molar-refractivity contribution in [3.8, 4) is 0 Å². The van der Waals surface area contributed by atoms with Gasteiger partial charge in [0.2, 0.25) is 0 Å². The summed E-state index contributed by atoms with van der Waals surface area (Å²) in [6.07, 6.45) is 10.6. The van der Waals surface area contributed by atoms with Gasteiger partial charge in [0.25, 0.3) is 0 Å². The number of hydrogen-bond acceptors (Lipinski definition) is 1. The van der Waals surface area contributed by atoms with Crippen molar-refractivity contribution in [2.24, 2.45) is 5.92 Å². The molecule has 5 unspecified atom stereocenters. The molecule has 1 aromatic rings. The third-order valence-corrected chi connectivity index (χ3v) is 6.79. The first-order valence-corrected chi connectivity index (χ1v) is 11.3. The Balaban J connectivity index is 0.00000364. The Morgan fingerprint density at radius 3 is 2.37 bits per heavy atom. The second-order valence-electron chi connectivity index (χ2n) is 7.84. The molecule has 0 saturated heterocycles. The number of halogens is 2. The fourth-order valence-corrected chi connectivity index (χ4v) is 5.36. The minimum absolute atomic E-state index is 0. The summed E-state index contributed by atoms with van der Waals surface area (Å²) in [4.78, 5) is 0. The van der Waals surface area contributed by atoms with Crippen LogP contribution in [0.3, 0.4) is 0 Å². The Morgan fingerprint density at radius 1 is 1.04 bits per heavy atom. The molecule has 0 heterocycles. The topological polar surface area (TPSA) is 20.2 Å². The van der Waals surface area contributed by atoms with Crippen molar-refractivity contribution in [3.63, 3.8) is 0 Å². The van der Waals surface area contributed by atoms with E-state index in [0.29, 0.717) is 11.8 Å². The largest absolute Gasteiger partial charge is 0.388 e. The van der Waals surface area contributed by atoms with Crippen molar-refractivity contribution in [2.75, 3.05) is 0 Å². The molecule has 0 aromatic heterocycles. The predicted molar refractivity (Wildman–Crippen MR) is 114 cm³/mol. The molecule has 0 aliphatic heterocycles. The van der Waals surface area contributed by atoms with Crippen molar-refractivity contribution in [1.29, 1.82) is 0 Å². The third-order valence-electron chi connectivity index (χ3n) is 5.84. The maximum Gasteiger partial charge on any atom is 0.0790 e. The number of hydrogen-bond donors (Lipinski definition) is 1. The van der Waals surface area contributed by atoms with Crippen molar-refractivity contribution < 1.29 is 37.8 Å². The minimum Gasteiger partial charge on any atom is -0.388 e. The number of unbranched alkanes of at least 4 members (excludes halogenated alkanes) is 5. The number of alkyl halides is 2. The Bertz CT molecular complexity index is 508. The van der Waals surface area contributed by atoms with Crippen LogP contribution in [0, 0.1) is 12.8 Å². The van der Waals surface area contributed by atoms with E-state index in [1.54, 1.807) is 0 Å². The van der Waals surface area contributed by atoms with Crippen LogP contribution in [0.4, 0.5) is 0 Å². The minimum atomic E-state index is -0.356. The fourth-order valence-electron chi connectivity index (χ4n) is 4.27. The second kappa shape index (κ2) is 14.0. The van der Waals surface area contributed by atoms with Gasteiger partial charge in [-0.15, -0.1) is 23.2 Å². The Labute approximate surface area is 201 Å². The molecule has 1 aliphatic rings. The Hall–Kier alpha value is 0.864. The average molecular weight is 487 g/mol. The van der Waals surface area contributed by atoms with Gasteiger partial charge >= 0.3 is 0 Å². The van der Waals surface area contributed by atoms with E-state index in [-0.39, 0.29) is 49.6 Å². The molecule has 151 valence electrons. The predicted octanol–water partition coefficient (Wildman–Crippen LogP) is 7.40. The molecular formula is C23H35Cl2OY-. The molecule has 1 saturated carbocycles. The monoisotopic (exact) mass is 486 g/mol. The van der Waals surface area contributed by atoms with E-state index in [2.05, 4.69) is 38.1 Å². The van der Waals surface area contributed by atoms with Gasteiger partial charge in [0, 0.05) is 49.4 Å². The number of aliphatic hydroxyl groups excluding tert-OH is 1. The van der Waals surface area contributed by atoms with Gasteiger partial charge in [-0.05, 0) is 36.3 Å². The number of aliphatic hydroxyl groups is 1. The second-order valence-corrected chi connectivity index (χ2v) is 8.96. The van der Waals surface area contributed by atoms with Gasteiger partial charge in [0.1, 0.15) is 0 Å². The molecule has 1 radical (unpaired) electrons. The van der Waals surface area contributed by atoms with Crippen molar-refractivity contribution in [1.82, 2.24) is 0 Å². The normalized spacial score (nSPS) is 26.0. The van der Waals surface area contributed by atoms with E-state index < -0.39 is 0 Å². The maximum absolute atomic E-state index is 10.4. The quantitative estimate of drug-likeness (QED) is 0.196. The molecule has 4 heteroatoms. The zero-order chi connectivity index (χ0) is 18.9. The van der Waals surface area contributed by atoms with Gasteiger partial charge in [-0.25, -0.2) is 0 Å². The van der Waals surface area contributed by atoms with Crippen LogP contribution in [0.5, 0.6) is 0 Å². The van der Waals surface area contributed by atoms with Gasteiger partial charge < -0.3 is 12.0 Å². The van der Waals surface area contributed by atoms with Gasteiger partial charge in [0.05, 0.1) is 6.10 Å². The summed E-state index contributed by atoms with van der Waals surface area (Å²) in [7, 11) is 0. The smallest absolute Gasteiger partial charge is 0.0790 e. The van der Waals surface area contributed by atoms with Crippen LogP contribution in [0.25, 0.3) is 0 Å². The molecule has 1 aromatic carbocycles.